The summed E-state index contributed by atoms with van der Waals surface area (Å²) in [5.74, 6) is -0.700. The number of carbonyl (C=O) groups is 1. The van der Waals surface area contributed by atoms with Gasteiger partial charge in [0, 0.05) is 0 Å². The van der Waals surface area contributed by atoms with Crippen LogP contribution in [0.3, 0.4) is 0 Å². The molecule has 0 unspecified atom stereocenters. The van der Waals surface area contributed by atoms with E-state index < -0.39 is 18.6 Å². The number of hydrogen-bond donors (Lipinski definition) is 2. The van der Waals surface area contributed by atoms with Crippen molar-refractivity contribution in [1.29, 1.82) is 0 Å². The molecule has 3 nitrogen and oxygen atoms in total. The highest BCUT2D eigenvalue weighted by molar-refractivity contribution is 5.86. The number of nitrogens with one attached hydrogen (secondary N) is 2. The average Bonchev–Trinajstić information content (AvgIpc) is 1.85. The second kappa shape index (κ2) is 3.97. The molecule has 0 atom stereocenters. The summed E-state index contributed by atoms with van der Waals surface area (Å²) in [5.41, 5.74) is 3.44. The maximum absolute atomic E-state index is 11.4. The minimum absolute atomic E-state index is 0.700. The van der Waals surface area contributed by atoms with Crippen LogP contribution in [0, 0.1) is 0 Å². The first-order valence-corrected chi connectivity index (χ1v) is 2.68. The Kier molecular flexibility index (Phi) is 3.59. The normalized spacial score (nSPS) is 10.8. The predicted octanol–water partition coefficient (Wildman–Crippen LogP) is 0.355. The van der Waals surface area contributed by atoms with Gasteiger partial charge in [-0.05, 0) is 6.08 Å². The van der Waals surface area contributed by atoms with Crippen molar-refractivity contribution < 1.29 is 18.0 Å². The molecule has 0 radical (unpaired) electrons. The Hall–Kier alpha value is -1.04. The zero-order chi connectivity index (χ0) is 8.91. The number of alkyl halides is 3. The van der Waals surface area contributed by atoms with Gasteiger partial charge in [0.2, 0.25) is 0 Å². The minimum Gasteiger partial charge on any atom is -0.288 e. The summed E-state index contributed by atoms with van der Waals surface area (Å²) in [6.07, 6.45) is -3.46. The second-order valence-corrected chi connectivity index (χ2v) is 1.66. The van der Waals surface area contributed by atoms with E-state index in [2.05, 4.69) is 6.58 Å². The molecule has 0 aromatic heterocycles. The third-order valence-corrected chi connectivity index (χ3v) is 0.686. The summed E-state index contributed by atoms with van der Waals surface area (Å²) >= 11 is 0. The highest BCUT2D eigenvalue weighted by Gasteiger charge is 2.26. The van der Waals surface area contributed by atoms with Crippen LogP contribution < -0.4 is 10.9 Å². The first-order valence-electron chi connectivity index (χ1n) is 2.68. The van der Waals surface area contributed by atoms with E-state index >= 15 is 0 Å². The van der Waals surface area contributed by atoms with Gasteiger partial charge in [0.1, 0.15) is 6.54 Å². The van der Waals surface area contributed by atoms with Crippen molar-refractivity contribution in [2.75, 3.05) is 6.54 Å². The smallest absolute Gasteiger partial charge is 0.288 e. The van der Waals surface area contributed by atoms with Crippen molar-refractivity contribution >= 4 is 5.91 Å². The number of hydrogen-bond acceptors (Lipinski definition) is 2. The summed E-state index contributed by atoms with van der Waals surface area (Å²) in [6.45, 7) is 1.79. The molecule has 0 spiro atoms. The molecule has 0 saturated heterocycles. The standard InChI is InChI=1S/C5H7F3N2O/c1-2-4(11)10-9-3-5(6,7)8/h2,9H,1,3H2,(H,10,11). The molecule has 0 aromatic carbocycles. The Bertz CT molecular complexity index is 154. The molecule has 11 heavy (non-hydrogen) atoms. The van der Waals surface area contributed by atoms with Crippen molar-refractivity contribution in [2.24, 2.45) is 0 Å². The van der Waals surface area contributed by atoms with Crippen molar-refractivity contribution in [1.82, 2.24) is 10.9 Å². The van der Waals surface area contributed by atoms with Crippen LogP contribution in [0.1, 0.15) is 0 Å². The Morgan fingerprint density at radius 2 is 2.09 bits per heavy atom. The summed E-state index contributed by atoms with van der Waals surface area (Å²) in [4.78, 5) is 10.2. The van der Waals surface area contributed by atoms with E-state index in [4.69, 9.17) is 0 Å². The lowest BCUT2D eigenvalue weighted by molar-refractivity contribution is -0.130. The molecule has 0 aliphatic heterocycles. The Labute approximate surface area is 61.2 Å². The number of hydrazine groups is 1. The van der Waals surface area contributed by atoms with Gasteiger partial charge in [-0.25, -0.2) is 5.43 Å². The van der Waals surface area contributed by atoms with Gasteiger partial charge in [-0.1, -0.05) is 6.58 Å². The molecule has 6 heteroatoms. The quantitative estimate of drug-likeness (QED) is 0.471. The molecule has 64 valence electrons. The van der Waals surface area contributed by atoms with Crippen LogP contribution in [0.5, 0.6) is 0 Å². The molecule has 0 aliphatic rings. The largest absolute Gasteiger partial charge is 0.402 e. The van der Waals surface area contributed by atoms with Crippen molar-refractivity contribution in [3.63, 3.8) is 0 Å². The zero-order valence-corrected chi connectivity index (χ0v) is 5.53. The summed E-state index contributed by atoms with van der Waals surface area (Å²) in [6, 6.07) is 0. The van der Waals surface area contributed by atoms with Gasteiger partial charge >= 0.3 is 6.18 Å². The molecule has 0 bridgehead atoms. The lowest BCUT2D eigenvalue weighted by Crippen LogP contribution is -2.42. The lowest BCUT2D eigenvalue weighted by Gasteiger charge is -2.07. The second-order valence-electron chi connectivity index (χ2n) is 1.66. The molecule has 1 amide bonds. The SMILES string of the molecule is C=CC(=O)NNCC(F)(F)F. The maximum Gasteiger partial charge on any atom is 0.402 e. The number of rotatable bonds is 3. The Morgan fingerprint density at radius 1 is 1.55 bits per heavy atom. The van der Waals surface area contributed by atoms with E-state index in [0.717, 1.165) is 6.08 Å². The van der Waals surface area contributed by atoms with E-state index in [1.165, 1.54) is 0 Å². The van der Waals surface area contributed by atoms with Gasteiger partial charge in [-0.15, -0.1) is 0 Å². The van der Waals surface area contributed by atoms with Crippen LogP contribution >= 0.6 is 0 Å². The van der Waals surface area contributed by atoms with E-state index in [1.54, 1.807) is 10.9 Å². The predicted molar refractivity (Wildman–Crippen MR) is 32.4 cm³/mol. The minimum atomic E-state index is -4.32. The van der Waals surface area contributed by atoms with Crippen LogP contribution in [-0.2, 0) is 4.79 Å². The van der Waals surface area contributed by atoms with Crippen molar-refractivity contribution in [3.05, 3.63) is 12.7 Å². The van der Waals surface area contributed by atoms with Crippen LogP contribution in [-0.4, -0.2) is 18.6 Å². The molecule has 0 heterocycles. The summed E-state index contributed by atoms with van der Waals surface area (Å²) in [5, 5.41) is 0. The van der Waals surface area contributed by atoms with Gasteiger partial charge in [-0.2, -0.15) is 13.2 Å². The summed E-state index contributed by atoms with van der Waals surface area (Å²) < 4.78 is 34.1. The molecular formula is C5H7F3N2O. The molecule has 0 fully saturated rings. The number of amides is 1. The van der Waals surface area contributed by atoms with E-state index in [-0.39, 0.29) is 0 Å². The highest BCUT2D eigenvalue weighted by atomic mass is 19.4. The van der Waals surface area contributed by atoms with Crippen LogP contribution in [0.4, 0.5) is 13.2 Å². The Morgan fingerprint density at radius 3 is 2.45 bits per heavy atom. The molecule has 0 saturated carbocycles. The first kappa shape index (κ1) is 9.96. The van der Waals surface area contributed by atoms with Gasteiger partial charge in [0.15, 0.2) is 0 Å². The number of halogens is 3. The summed E-state index contributed by atoms with van der Waals surface area (Å²) in [7, 11) is 0. The van der Waals surface area contributed by atoms with Gasteiger partial charge in [0.05, 0.1) is 0 Å². The molecule has 0 aliphatic carbocycles. The maximum atomic E-state index is 11.4. The average molecular weight is 168 g/mol. The van der Waals surface area contributed by atoms with Crippen LogP contribution in [0.2, 0.25) is 0 Å². The fourth-order valence-electron chi connectivity index (χ4n) is 0.283. The monoisotopic (exact) mass is 168 g/mol. The van der Waals surface area contributed by atoms with Gasteiger partial charge in [-0.3, -0.25) is 10.2 Å². The first-order chi connectivity index (χ1) is 4.95. The van der Waals surface area contributed by atoms with Gasteiger partial charge < -0.3 is 0 Å². The lowest BCUT2D eigenvalue weighted by atomic mass is 10.6. The zero-order valence-electron chi connectivity index (χ0n) is 5.53. The molecule has 2 N–H and O–H groups in total. The number of carbonyl (C=O) groups excluding carboxylic acids is 1. The van der Waals surface area contributed by atoms with Crippen molar-refractivity contribution in [3.8, 4) is 0 Å². The third-order valence-electron chi connectivity index (χ3n) is 0.686. The molecule has 0 aromatic rings. The van der Waals surface area contributed by atoms with Gasteiger partial charge in [0.25, 0.3) is 5.91 Å². The van der Waals surface area contributed by atoms with E-state index in [1.807, 2.05) is 0 Å². The van der Waals surface area contributed by atoms with E-state index in [0.29, 0.717) is 0 Å². The van der Waals surface area contributed by atoms with Crippen LogP contribution in [0.25, 0.3) is 0 Å². The highest BCUT2D eigenvalue weighted by Crippen LogP contribution is 2.11. The Balaban J connectivity index is 3.42. The third kappa shape index (κ3) is 6.85. The topological polar surface area (TPSA) is 41.1 Å². The fraction of sp³-hybridized carbons (Fsp3) is 0.400. The molecule has 0 rings (SSSR count). The van der Waals surface area contributed by atoms with Crippen LogP contribution in [0.15, 0.2) is 12.7 Å². The van der Waals surface area contributed by atoms with E-state index in [9.17, 15) is 18.0 Å². The van der Waals surface area contributed by atoms with Crippen molar-refractivity contribution in [2.45, 2.75) is 6.18 Å². The molecular weight excluding hydrogens is 161 g/mol. The fourth-order valence-corrected chi connectivity index (χ4v) is 0.283.